The molecule has 27 heavy (non-hydrogen) atoms. The van der Waals surface area contributed by atoms with Crippen LogP contribution in [0, 0.1) is 20.2 Å². The van der Waals surface area contributed by atoms with E-state index in [-0.39, 0.29) is 6.61 Å². The largest absolute Gasteiger partial charge is 0.444 e. The van der Waals surface area contributed by atoms with Crippen molar-refractivity contribution in [2.45, 2.75) is 11.5 Å². The van der Waals surface area contributed by atoms with Gasteiger partial charge in [0, 0.05) is 11.1 Å². The first kappa shape index (κ1) is 20.1. The third kappa shape index (κ3) is 5.12. The number of hydrogen-bond donors (Lipinski definition) is 1. The fourth-order valence-corrected chi connectivity index (χ4v) is 3.08. The lowest BCUT2D eigenvalue weighted by Crippen LogP contribution is -2.31. The number of non-ortho nitro benzene ring substituents is 1. The van der Waals surface area contributed by atoms with Gasteiger partial charge in [-0.05, 0) is 23.8 Å². The van der Waals surface area contributed by atoms with Crippen molar-refractivity contribution in [3.05, 3.63) is 73.3 Å². The van der Waals surface area contributed by atoms with Crippen LogP contribution in [0.1, 0.15) is 5.56 Å². The smallest absolute Gasteiger partial charge is 0.421 e. The lowest BCUT2D eigenvalue weighted by atomic mass is 10.2. The maximum absolute atomic E-state index is 12.2. The highest BCUT2D eigenvalue weighted by Gasteiger charge is 2.30. The number of ether oxygens (including phenoxy) is 1. The molecule has 13 heteroatoms. The minimum absolute atomic E-state index is 0.277. The first-order chi connectivity index (χ1) is 12.6. The van der Waals surface area contributed by atoms with E-state index in [0.29, 0.717) is 22.7 Å². The van der Waals surface area contributed by atoms with Gasteiger partial charge in [-0.15, -0.1) is 0 Å². The van der Waals surface area contributed by atoms with Crippen molar-refractivity contribution in [2.75, 3.05) is 0 Å². The maximum atomic E-state index is 12.2. The molecule has 1 amide bonds. The van der Waals surface area contributed by atoms with Crippen LogP contribution in [-0.4, -0.2) is 24.4 Å². The summed E-state index contributed by atoms with van der Waals surface area (Å²) in [4.78, 5) is 30.5. The van der Waals surface area contributed by atoms with E-state index in [0.717, 1.165) is 6.07 Å². The van der Waals surface area contributed by atoms with Crippen LogP contribution >= 0.6 is 11.6 Å². The molecule has 0 bridgehead atoms. The number of nitrogens with one attached hydrogen (secondary N) is 1. The van der Waals surface area contributed by atoms with E-state index in [1.54, 1.807) is 12.1 Å². The van der Waals surface area contributed by atoms with Gasteiger partial charge < -0.3 is 4.74 Å². The fourth-order valence-electron chi connectivity index (χ4n) is 1.91. The topological polar surface area (TPSA) is 159 Å². The molecule has 2 aromatic carbocycles. The summed E-state index contributed by atoms with van der Waals surface area (Å²) in [6.45, 7) is -0.277. The molecule has 0 saturated carbocycles. The van der Waals surface area contributed by atoms with Gasteiger partial charge >= 0.3 is 6.09 Å². The van der Waals surface area contributed by atoms with Gasteiger partial charge in [-0.1, -0.05) is 23.7 Å². The SMILES string of the molecule is O=C(NS(=O)(=O)c1ccc([N+](=O)[O-])cc1[N+](=O)[O-])OCc1ccc(Cl)cc1. The first-order valence-electron chi connectivity index (χ1n) is 6.97. The van der Waals surface area contributed by atoms with Crippen molar-refractivity contribution in [2.24, 2.45) is 0 Å². The van der Waals surface area contributed by atoms with Gasteiger partial charge in [-0.2, -0.15) is 0 Å². The molecule has 0 saturated heterocycles. The summed E-state index contributed by atoms with van der Waals surface area (Å²) in [6.07, 6.45) is -1.38. The zero-order valence-corrected chi connectivity index (χ0v) is 14.8. The fraction of sp³-hybridized carbons (Fsp3) is 0.0714. The Morgan fingerprint density at radius 1 is 1.07 bits per heavy atom. The van der Waals surface area contributed by atoms with Crippen molar-refractivity contribution >= 4 is 39.1 Å². The minimum Gasteiger partial charge on any atom is -0.444 e. The van der Waals surface area contributed by atoms with Gasteiger partial charge in [0.25, 0.3) is 21.4 Å². The summed E-state index contributed by atoms with van der Waals surface area (Å²) in [5.74, 6) is 0. The summed E-state index contributed by atoms with van der Waals surface area (Å²) in [6, 6.07) is 8.07. The number of carbonyl (C=O) groups excluding carboxylic acids is 1. The third-order valence-corrected chi connectivity index (χ3v) is 4.75. The highest BCUT2D eigenvalue weighted by atomic mass is 35.5. The summed E-state index contributed by atoms with van der Waals surface area (Å²) >= 11 is 5.70. The third-order valence-electron chi connectivity index (χ3n) is 3.14. The van der Waals surface area contributed by atoms with Crippen LogP contribution in [0.5, 0.6) is 0 Å². The molecule has 0 aliphatic heterocycles. The predicted molar refractivity (Wildman–Crippen MR) is 91.7 cm³/mol. The second-order valence-corrected chi connectivity index (χ2v) is 7.06. The number of nitro groups is 2. The number of hydrogen-bond acceptors (Lipinski definition) is 8. The molecule has 0 spiro atoms. The highest BCUT2D eigenvalue weighted by molar-refractivity contribution is 7.90. The summed E-state index contributed by atoms with van der Waals surface area (Å²) in [5.41, 5.74) is -1.21. The summed E-state index contributed by atoms with van der Waals surface area (Å²) in [5, 5.41) is 22.2. The molecule has 2 aromatic rings. The van der Waals surface area contributed by atoms with Gasteiger partial charge in [0.05, 0.1) is 15.9 Å². The quantitative estimate of drug-likeness (QED) is 0.556. The lowest BCUT2D eigenvalue weighted by Gasteiger charge is -2.08. The molecular weight excluding hydrogens is 406 g/mol. The van der Waals surface area contributed by atoms with Crippen LogP contribution < -0.4 is 4.72 Å². The number of nitro benzene ring substituents is 2. The van der Waals surface area contributed by atoms with Crippen LogP contribution in [0.4, 0.5) is 16.2 Å². The van der Waals surface area contributed by atoms with Crippen LogP contribution in [0.3, 0.4) is 0 Å². The number of rotatable bonds is 6. The normalized spacial score (nSPS) is 10.9. The molecule has 1 N–H and O–H groups in total. The van der Waals surface area contributed by atoms with Crippen molar-refractivity contribution in [1.82, 2.24) is 4.72 Å². The molecule has 2 rings (SSSR count). The van der Waals surface area contributed by atoms with Crippen LogP contribution in [0.25, 0.3) is 0 Å². The Bertz CT molecular complexity index is 1010. The van der Waals surface area contributed by atoms with E-state index in [1.165, 1.54) is 16.9 Å². The van der Waals surface area contributed by atoms with Crippen LogP contribution in [0.2, 0.25) is 5.02 Å². The summed E-state index contributed by atoms with van der Waals surface area (Å²) in [7, 11) is -4.70. The zero-order chi connectivity index (χ0) is 20.2. The number of nitrogens with zero attached hydrogens (tertiary/aromatic N) is 2. The number of carbonyl (C=O) groups is 1. The number of sulfonamides is 1. The molecule has 0 heterocycles. The lowest BCUT2D eigenvalue weighted by molar-refractivity contribution is -0.396. The Hall–Kier alpha value is -3.25. The molecule has 0 radical (unpaired) electrons. The zero-order valence-electron chi connectivity index (χ0n) is 13.2. The van der Waals surface area contributed by atoms with Gasteiger partial charge in [-0.25, -0.2) is 17.9 Å². The molecule has 0 atom stereocenters. The van der Waals surface area contributed by atoms with E-state index in [4.69, 9.17) is 16.3 Å². The molecule has 0 aromatic heterocycles. The van der Waals surface area contributed by atoms with Gasteiger partial charge in [0.15, 0.2) is 4.90 Å². The number of amides is 1. The van der Waals surface area contributed by atoms with Gasteiger partial charge in [0.2, 0.25) is 0 Å². The number of halogens is 1. The second-order valence-electron chi connectivity index (χ2n) is 4.97. The predicted octanol–water partition coefficient (Wildman–Crippen LogP) is 2.77. The van der Waals surface area contributed by atoms with Crippen molar-refractivity contribution in [1.29, 1.82) is 0 Å². The molecular formula is C14H10ClN3O8S. The Labute approximate surface area is 156 Å². The van der Waals surface area contributed by atoms with Crippen molar-refractivity contribution in [3.8, 4) is 0 Å². The highest BCUT2D eigenvalue weighted by Crippen LogP contribution is 2.28. The number of benzene rings is 2. The Morgan fingerprint density at radius 3 is 2.26 bits per heavy atom. The molecule has 0 fully saturated rings. The van der Waals surface area contributed by atoms with Gasteiger partial charge in [-0.3, -0.25) is 20.2 Å². The molecule has 0 unspecified atom stereocenters. The molecule has 0 aliphatic rings. The van der Waals surface area contributed by atoms with Crippen LogP contribution in [-0.2, 0) is 21.4 Å². The van der Waals surface area contributed by atoms with E-state index in [9.17, 15) is 33.4 Å². The minimum atomic E-state index is -4.70. The second kappa shape index (κ2) is 7.97. The standard InChI is InChI=1S/C14H10ClN3O8S/c15-10-3-1-9(2-4-10)8-26-14(19)16-27(24,25)13-6-5-11(17(20)21)7-12(13)18(22)23/h1-7H,8H2,(H,16,19). The molecule has 0 aliphatic carbocycles. The van der Waals surface area contributed by atoms with E-state index in [1.807, 2.05) is 0 Å². The molecule has 11 nitrogen and oxygen atoms in total. The van der Waals surface area contributed by atoms with Gasteiger partial charge in [0.1, 0.15) is 6.61 Å². The van der Waals surface area contributed by atoms with Crippen LogP contribution in [0.15, 0.2) is 47.4 Å². The summed E-state index contributed by atoms with van der Waals surface area (Å²) < 4.78 is 30.6. The average molecular weight is 416 g/mol. The first-order valence-corrected chi connectivity index (χ1v) is 8.83. The molecule has 142 valence electrons. The Balaban J connectivity index is 2.17. The van der Waals surface area contributed by atoms with E-state index >= 15 is 0 Å². The van der Waals surface area contributed by atoms with Crippen molar-refractivity contribution < 1.29 is 27.8 Å². The van der Waals surface area contributed by atoms with E-state index < -0.39 is 42.2 Å². The monoisotopic (exact) mass is 415 g/mol. The Kier molecular flexibility index (Phi) is 5.92. The van der Waals surface area contributed by atoms with E-state index in [2.05, 4.69) is 0 Å². The Morgan fingerprint density at radius 2 is 1.70 bits per heavy atom. The maximum Gasteiger partial charge on any atom is 0.421 e. The van der Waals surface area contributed by atoms with Crippen molar-refractivity contribution in [3.63, 3.8) is 0 Å². The average Bonchev–Trinajstić information content (AvgIpc) is 2.60.